The minimum Gasteiger partial charge on any atom is -0.311 e. The third kappa shape index (κ3) is 3.13. The maximum atomic E-state index is 14.4. The molecule has 0 bridgehead atoms. The largest absolute Gasteiger partial charge is 0.311 e. The summed E-state index contributed by atoms with van der Waals surface area (Å²) in [5, 5.41) is 0. The Morgan fingerprint density at radius 3 is 2.56 bits per heavy atom. The number of benzene rings is 3. The molecule has 0 saturated carbocycles. The van der Waals surface area contributed by atoms with Gasteiger partial charge in [0.1, 0.15) is 5.82 Å². The average molecular weight is 447 g/mol. The van der Waals surface area contributed by atoms with Crippen LogP contribution in [0.4, 0.5) is 10.1 Å². The van der Waals surface area contributed by atoms with E-state index in [-0.39, 0.29) is 11.8 Å². The van der Waals surface area contributed by atoms with Gasteiger partial charge in [0.25, 0.3) is 11.8 Å². The third-order valence-corrected chi connectivity index (χ3v) is 7.66. The van der Waals surface area contributed by atoms with Gasteiger partial charge in [-0.05, 0) is 49.2 Å². The quantitative estimate of drug-likeness (QED) is 0.567. The van der Waals surface area contributed by atoms with Crippen LogP contribution in [0.2, 0.25) is 0 Å². The summed E-state index contributed by atoms with van der Waals surface area (Å²) in [6, 6.07) is 19.8. The number of hydrogen-bond donors (Lipinski definition) is 0. The SMILES string of the molecule is Cc1ccc(CN2C(=O)C3(SCCN3C(=O)c3ccccc3C)c3cc(F)ccc32)cc1. The smallest absolute Gasteiger partial charge is 0.268 e. The van der Waals surface area contributed by atoms with Crippen molar-refractivity contribution >= 4 is 29.3 Å². The fraction of sp³-hybridized carbons (Fsp3) is 0.231. The summed E-state index contributed by atoms with van der Waals surface area (Å²) < 4.78 is 14.4. The minimum atomic E-state index is -1.25. The molecule has 3 aromatic rings. The van der Waals surface area contributed by atoms with E-state index in [4.69, 9.17) is 0 Å². The number of anilines is 1. The Labute approximate surface area is 191 Å². The van der Waals surface area contributed by atoms with Gasteiger partial charge < -0.3 is 9.80 Å². The van der Waals surface area contributed by atoms with Crippen LogP contribution >= 0.6 is 11.8 Å². The van der Waals surface area contributed by atoms with Crippen LogP contribution in [0.1, 0.15) is 32.6 Å². The molecule has 2 aliphatic heterocycles. The number of thioether (sulfide) groups is 1. The van der Waals surface area contributed by atoms with Crippen molar-refractivity contribution in [2.45, 2.75) is 25.3 Å². The average Bonchev–Trinajstić information content (AvgIpc) is 3.32. The van der Waals surface area contributed by atoms with E-state index in [1.165, 1.54) is 23.9 Å². The van der Waals surface area contributed by atoms with Crippen molar-refractivity contribution in [1.29, 1.82) is 0 Å². The molecule has 5 rings (SSSR count). The van der Waals surface area contributed by atoms with Crippen molar-refractivity contribution < 1.29 is 14.0 Å². The lowest BCUT2D eigenvalue weighted by Gasteiger charge is -2.33. The summed E-state index contributed by atoms with van der Waals surface area (Å²) in [6.07, 6.45) is 0. The van der Waals surface area contributed by atoms with Crippen molar-refractivity contribution in [3.8, 4) is 0 Å². The number of carbonyl (C=O) groups excluding carboxylic acids is 2. The van der Waals surface area contributed by atoms with Gasteiger partial charge in [-0.3, -0.25) is 9.59 Å². The van der Waals surface area contributed by atoms with Crippen LogP contribution in [-0.2, 0) is 16.2 Å². The van der Waals surface area contributed by atoms with Gasteiger partial charge in [0, 0.05) is 23.4 Å². The van der Waals surface area contributed by atoms with Gasteiger partial charge in [0.2, 0.25) is 0 Å². The first kappa shape index (κ1) is 20.8. The first-order valence-electron chi connectivity index (χ1n) is 10.6. The number of rotatable bonds is 3. The van der Waals surface area contributed by atoms with Crippen molar-refractivity contribution in [3.63, 3.8) is 0 Å². The number of carbonyl (C=O) groups is 2. The van der Waals surface area contributed by atoms with Gasteiger partial charge in [0.15, 0.2) is 4.87 Å². The molecule has 6 heteroatoms. The van der Waals surface area contributed by atoms with Gasteiger partial charge in [0.05, 0.1) is 12.2 Å². The summed E-state index contributed by atoms with van der Waals surface area (Å²) >= 11 is 1.41. The van der Waals surface area contributed by atoms with E-state index in [9.17, 15) is 14.0 Å². The summed E-state index contributed by atoms with van der Waals surface area (Å²) in [4.78, 5) is 29.7. The van der Waals surface area contributed by atoms with E-state index >= 15 is 0 Å². The van der Waals surface area contributed by atoms with Crippen LogP contribution < -0.4 is 4.90 Å². The van der Waals surface area contributed by atoms with Crippen LogP contribution in [0.3, 0.4) is 0 Å². The topological polar surface area (TPSA) is 40.6 Å². The molecule has 2 heterocycles. The Hall–Kier alpha value is -3.12. The number of halogens is 1. The van der Waals surface area contributed by atoms with Crippen molar-refractivity contribution in [2.75, 3.05) is 17.2 Å². The van der Waals surface area contributed by atoms with Crippen LogP contribution in [-0.4, -0.2) is 29.0 Å². The number of nitrogens with zero attached hydrogens (tertiary/aromatic N) is 2. The molecule has 0 aliphatic carbocycles. The summed E-state index contributed by atoms with van der Waals surface area (Å²) in [7, 11) is 0. The Morgan fingerprint density at radius 1 is 1.06 bits per heavy atom. The van der Waals surface area contributed by atoms with E-state index in [0.717, 1.165) is 16.7 Å². The molecule has 32 heavy (non-hydrogen) atoms. The molecule has 2 amide bonds. The van der Waals surface area contributed by atoms with Crippen molar-refractivity contribution in [2.24, 2.45) is 0 Å². The number of aryl methyl sites for hydroxylation is 2. The molecule has 1 atom stereocenters. The molecule has 2 aliphatic rings. The molecule has 1 saturated heterocycles. The molecule has 4 nitrogen and oxygen atoms in total. The molecular weight excluding hydrogens is 423 g/mol. The zero-order valence-corrected chi connectivity index (χ0v) is 18.8. The Bertz CT molecular complexity index is 1230. The molecular formula is C26H23FN2O2S. The predicted molar refractivity (Wildman–Crippen MR) is 125 cm³/mol. The van der Waals surface area contributed by atoms with Gasteiger partial charge in [-0.25, -0.2) is 4.39 Å². The van der Waals surface area contributed by atoms with Crippen molar-refractivity contribution in [3.05, 3.63) is 100 Å². The number of amides is 2. The Kier molecular flexibility index (Phi) is 5.05. The van der Waals surface area contributed by atoms with E-state index < -0.39 is 10.7 Å². The van der Waals surface area contributed by atoms with Crippen LogP contribution in [0.5, 0.6) is 0 Å². The lowest BCUT2D eigenvalue weighted by atomic mass is 10.0. The second-order valence-electron chi connectivity index (χ2n) is 8.30. The summed E-state index contributed by atoms with van der Waals surface area (Å²) in [5.74, 6) is -0.196. The zero-order valence-electron chi connectivity index (χ0n) is 18.0. The monoisotopic (exact) mass is 446 g/mol. The molecule has 1 unspecified atom stereocenters. The maximum absolute atomic E-state index is 14.4. The Balaban J connectivity index is 1.60. The molecule has 162 valence electrons. The second-order valence-corrected chi connectivity index (χ2v) is 9.59. The summed E-state index contributed by atoms with van der Waals surface area (Å²) in [5.41, 5.74) is 4.76. The van der Waals surface area contributed by atoms with Gasteiger partial charge in [-0.1, -0.05) is 48.0 Å². The van der Waals surface area contributed by atoms with E-state index in [1.807, 2.05) is 56.3 Å². The minimum absolute atomic E-state index is 0.192. The predicted octanol–water partition coefficient (Wildman–Crippen LogP) is 5.03. The van der Waals surface area contributed by atoms with Gasteiger partial charge in [-0.15, -0.1) is 11.8 Å². The summed E-state index contributed by atoms with van der Waals surface area (Å²) in [6.45, 7) is 4.70. The van der Waals surface area contributed by atoms with E-state index in [0.29, 0.717) is 35.7 Å². The van der Waals surface area contributed by atoms with E-state index in [2.05, 4.69) is 0 Å². The maximum Gasteiger partial charge on any atom is 0.268 e. The molecule has 0 radical (unpaired) electrons. The fourth-order valence-corrected chi connectivity index (χ4v) is 6.03. The van der Waals surface area contributed by atoms with Crippen LogP contribution in [0, 0.1) is 19.7 Å². The number of hydrogen-bond acceptors (Lipinski definition) is 3. The highest BCUT2D eigenvalue weighted by atomic mass is 32.2. The highest BCUT2D eigenvalue weighted by molar-refractivity contribution is 8.01. The van der Waals surface area contributed by atoms with Gasteiger partial charge >= 0.3 is 0 Å². The normalized spacial score (nSPS) is 19.7. The first-order valence-corrected chi connectivity index (χ1v) is 11.6. The molecule has 0 N–H and O–H groups in total. The fourth-order valence-electron chi connectivity index (χ4n) is 4.58. The molecule has 3 aromatic carbocycles. The van der Waals surface area contributed by atoms with Crippen molar-refractivity contribution in [1.82, 2.24) is 4.90 Å². The molecule has 0 aromatic heterocycles. The molecule has 1 spiro atoms. The van der Waals surface area contributed by atoms with E-state index in [1.54, 1.807) is 21.9 Å². The Morgan fingerprint density at radius 2 is 1.81 bits per heavy atom. The highest BCUT2D eigenvalue weighted by Crippen LogP contribution is 2.55. The van der Waals surface area contributed by atoms with Crippen LogP contribution in [0.25, 0.3) is 0 Å². The first-order chi connectivity index (χ1) is 15.4. The third-order valence-electron chi connectivity index (χ3n) is 6.24. The standard InChI is InChI=1S/C26H23FN2O2S/c1-17-7-9-19(10-8-17)16-28-23-12-11-20(27)15-22(23)26(25(28)31)29(13-14-32-26)24(30)21-6-4-3-5-18(21)2/h3-12,15H,13-14,16H2,1-2H3. The second kappa shape index (κ2) is 7.78. The van der Waals surface area contributed by atoms with Gasteiger partial charge in [-0.2, -0.15) is 0 Å². The number of fused-ring (bicyclic) bond motifs is 2. The van der Waals surface area contributed by atoms with Crippen LogP contribution in [0.15, 0.2) is 66.7 Å². The lowest BCUT2D eigenvalue weighted by molar-refractivity contribution is -0.123. The molecule has 1 fully saturated rings. The zero-order chi connectivity index (χ0) is 22.5. The lowest BCUT2D eigenvalue weighted by Crippen LogP contribution is -2.50. The highest BCUT2D eigenvalue weighted by Gasteiger charge is 2.59.